The van der Waals surface area contributed by atoms with E-state index in [2.05, 4.69) is 25.8 Å². The number of nitrogens with zero attached hydrogens (tertiary/aromatic N) is 4. The fourth-order valence-electron chi connectivity index (χ4n) is 9.08. The van der Waals surface area contributed by atoms with Crippen molar-refractivity contribution in [2.45, 2.75) is 115 Å². The lowest BCUT2D eigenvalue weighted by Crippen LogP contribution is -2.32. The van der Waals surface area contributed by atoms with Gasteiger partial charge in [0, 0.05) is 31.5 Å². The van der Waals surface area contributed by atoms with E-state index in [1.165, 1.54) is 64.2 Å². The molecule has 2 amide bonds. The lowest BCUT2D eigenvalue weighted by Gasteiger charge is -2.27. The number of aromatic nitrogens is 4. The third-order valence-electron chi connectivity index (χ3n) is 11.9. The molecule has 0 radical (unpaired) electrons. The summed E-state index contributed by atoms with van der Waals surface area (Å²) in [5, 5.41) is 0. The number of amides is 2. The molecule has 2 aromatic heterocycles. The van der Waals surface area contributed by atoms with Crippen molar-refractivity contribution in [2.75, 3.05) is 13.1 Å². The van der Waals surface area contributed by atoms with Gasteiger partial charge in [0.15, 0.2) is 0 Å². The maximum Gasteiger partial charge on any atom is 0.223 e. The van der Waals surface area contributed by atoms with Crippen LogP contribution in [0.3, 0.4) is 0 Å². The van der Waals surface area contributed by atoms with Gasteiger partial charge in [-0.1, -0.05) is 50.7 Å². The molecule has 2 saturated heterocycles. The normalized spacial score (nSPS) is 21.7. The van der Waals surface area contributed by atoms with Crippen LogP contribution < -0.4 is 4.74 Å². The smallest absolute Gasteiger partial charge is 0.223 e. The van der Waals surface area contributed by atoms with Crippen molar-refractivity contribution in [2.24, 2.45) is 11.8 Å². The minimum absolute atomic E-state index is 0.0181. The first-order valence-corrected chi connectivity index (χ1v) is 19.6. The van der Waals surface area contributed by atoms with E-state index in [9.17, 15) is 9.59 Å². The molecule has 4 aliphatic rings. The Morgan fingerprint density at radius 3 is 1.69 bits per heavy atom. The number of benzene rings is 2. The Kier molecular flexibility index (Phi) is 10.2. The molecule has 8 rings (SSSR count). The van der Waals surface area contributed by atoms with Gasteiger partial charge in [-0.2, -0.15) is 0 Å². The first kappa shape index (κ1) is 33.7. The number of nitrogens with one attached hydrogen (secondary N) is 2. The van der Waals surface area contributed by atoms with Crippen LogP contribution in [0.15, 0.2) is 60.9 Å². The molecular formula is C42H52N6O3. The molecule has 1 unspecified atom stereocenters. The number of H-pyrrole nitrogens is 2. The van der Waals surface area contributed by atoms with Gasteiger partial charge in [0.2, 0.25) is 11.8 Å². The molecule has 0 spiro atoms. The molecule has 9 heteroatoms. The van der Waals surface area contributed by atoms with Crippen LogP contribution in [-0.4, -0.2) is 54.6 Å². The summed E-state index contributed by atoms with van der Waals surface area (Å²) in [6, 6.07) is 16.1. The zero-order valence-electron chi connectivity index (χ0n) is 29.8. The van der Waals surface area contributed by atoms with Crippen LogP contribution >= 0.6 is 0 Å². The fourth-order valence-corrected chi connectivity index (χ4v) is 9.08. The van der Waals surface area contributed by atoms with Gasteiger partial charge in [0.25, 0.3) is 0 Å². The summed E-state index contributed by atoms with van der Waals surface area (Å²) in [5.41, 5.74) is 3.88. The third kappa shape index (κ3) is 7.77. The molecule has 0 bridgehead atoms. The summed E-state index contributed by atoms with van der Waals surface area (Å²) in [6.07, 6.45) is 21.5. The van der Waals surface area contributed by atoms with Crippen LogP contribution in [0.1, 0.15) is 126 Å². The van der Waals surface area contributed by atoms with E-state index in [1.54, 1.807) is 0 Å². The highest BCUT2D eigenvalue weighted by Gasteiger charge is 2.34. The second-order valence-corrected chi connectivity index (χ2v) is 15.4. The number of carbonyl (C=O) groups is 2. The van der Waals surface area contributed by atoms with Crippen molar-refractivity contribution in [1.82, 2.24) is 29.7 Å². The number of hydrogen-bond donors (Lipinski definition) is 2. The monoisotopic (exact) mass is 688 g/mol. The van der Waals surface area contributed by atoms with E-state index in [1.807, 2.05) is 54.9 Å². The van der Waals surface area contributed by atoms with Crippen molar-refractivity contribution >= 4 is 11.8 Å². The summed E-state index contributed by atoms with van der Waals surface area (Å²) < 4.78 is 6.29. The molecule has 2 aromatic carbocycles. The highest BCUT2D eigenvalue weighted by Crippen LogP contribution is 2.37. The molecule has 2 saturated carbocycles. The number of imidazole rings is 2. The zero-order chi connectivity index (χ0) is 34.6. The SMILES string of the molecule is O=C(CC1CCCCC1)N1CCCC1c1ncc(-c2cccc(Oc3ccc(-c4cnc([C@@H]5CCCN5C(=O)CC5CCCCC5)[nH]4)cc3)c2)[nH]1. The minimum Gasteiger partial charge on any atom is -0.457 e. The molecule has 4 aromatic rings. The predicted octanol–water partition coefficient (Wildman–Crippen LogP) is 9.53. The Morgan fingerprint density at radius 1 is 0.608 bits per heavy atom. The number of ether oxygens (including phenoxy) is 1. The Bertz CT molecular complexity index is 1780. The average molecular weight is 689 g/mol. The molecule has 4 fully saturated rings. The fraction of sp³-hybridized carbons (Fsp3) is 0.524. The zero-order valence-corrected chi connectivity index (χ0v) is 29.8. The van der Waals surface area contributed by atoms with E-state index in [4.69, 9.17) is 14.7 Å². The Balaban J connectivity index is 0.887. The van der Waals surface area contributed by atoms with Gasteiger partial charge in [0.05, 0.1) is 35.9 Å². The standard InChI is InChI=1S/C42H52N6O3/c49-39(24-29-10-3-1-4-11-29)47-22-8-16-37(47)41-43-27-35(45-41)31-18-20-33(21-19-31)51-34-15-7-14-32(26-34)36-28-44-42(46-36)38-17-9-23-48(38)40(50)25-30-12-5-2-6-13-30/h7,14-15,18-21,26-30,37-38H,1-6,8-13,16-17,22-25H2,(H,43,45)(H,44,46)/t37-,38?/m0/s1. The molecule has 2 aliphatic carbocycles. The van der Waals surface area contributed by atoms with Gasteiger partial charge in [-0.3, -0.25) is 9.59 Å². The molecule has 2 atom stereocenters. The van der Waals surface area contributed by atoms with E-state index in [0.29, 0.717) is 24.7 Å². The van der Waals surface area contributed by atoms with Crippen molar-refractivity contribution in [3.63, 3.8) is 0 Å². The van der Waals surface area contributed by atoms with E-state index in [-0.39, 0.29) is 23.9 Å². The predicted molar refractivity (Wildman–Crippen MR) is 198 cm³/mol. The largest absolute Gasteiger partial charge is 0.457 e. The highest BCUT2D eigenvalue weighted by atomic mass is 16.5. The molecule has 2 N–H and O–H groups in total. The van der Waals surface area contributed by atoms with Gasteiger partial charge in [-0.15, -0.1) is 0 Å². The second-order valence-electron chi connectivity index (χ2n) is 15.4. The van der Waals surface area contributed by atoms with Gasteiger partial charge < -0.3 is 24.5 Å². The third-order valence-corrected chi connectivity index (χ3v) is 11.9. The maximum absolute atomic E-state index is 13.3. The van der Waals surface area contributed by atoms with Crippen molar-refractivity contribution < 1.29 is 14.3 Å². The van der Waals surface area contributed by atoms with E-state index < -0.39 is 0 Å². The van der Waals surface area contributed by atoms with Gasteiger partial charge in [-0.25, -0.2) is 9.97 Å². The number of carbonyl (C=O) groups excluding carboxylic acids is 2. The van der Waals surface area contributed by atoms with Crippen molar-refractivity contribution in [1.29, 1.82) is 0 Å². The summed E-state index contributed by atoms with van der Waals surface area (Å²) in [4.78, 5) is 47.2. The second kappa shape index (κ2) is 15.5. The summed E-state index contributed by atoms with van der Waals surface area (Å²) in [7, 11) is 0. The summed E-state index contributed by atoms with van der Waals surface area (Å²) >= 11 is 0. The van der Waals surface area contributed by atoms with E-state index >= 15 is 0 Å². The first-order valence-electron chi connectivity index (χ1n) is 19.6. The summed E-state index contributed by atoms with van der Waals surface area (Å²) in [6.45, 7) is 1.64. The molecule has 4 heterocycles. The van der Waals surface area contributed by atoms with Gasteiger partial charge in [0.1, 0.15) is 23.1 Å². The van der Waals surface area contributed by atoms with E-state index in [0.717, 1.165) is 84.4 Å². The van der Waals surface area contributed by atoms with Crippen LogP contribution in [0, 0.1) is 11.8 Å². The molecule has 268 valence electrons. The van der Waals surface area contributed by atoms with Crippen molar-refractivity contribution in [3.05, 3.63) is 72.6 Å². The minimum atomic E-state index is 0.0181. The highest BCUT2D eigenvalue weighted by molar-refractivity contribution is 5.78. The van der Waals surface area contributed by atoms with Crippen molar-refractivity contribution in [3.8, 4) is 34.0 Å². The number of likely N-dealkylation sites (tertiary alicyclic amines) is 2. The van der Waals surface area contributed by atoms with Crippen LogP contribution in [0.2, 0.25) is 0 Å². The Labute approximate surface area is 301 Å². The maximum atomic E-state index is 13.3. The van der Waals surface area contributed by atoms with Gasteiger partial charge in [-0.05, 0) is 105 Å². The number of aromatic amines is 2. The lowest BCUT2D eigenvalue weighted by atomic mass is 9.86. The molecular weight excluding hydrogens is 637 g/mol. The molecule has 9 nitrogen and oxygen atoms in total. The Hall–Kier alpha value is -4.40. The van der Waals surface area contributed by atoms with Gasteiger partial charge >= 0.3 is 0 Å². The number of rotatable bonds is 10. The van der Waals surface area contributed by atoms with Crippen LogP contribution in [0.4, 0.5) is 0 Å². The first-order chi connectivity index (χ1) is 25.1. The van der Waals surface area contributed by atoms with Crippen LogP contribution in [0.25, 0.3) is 22.5 Å². The topological polar surface area (TPSA) is 107 Å². The van der Waals surface area contributed by atoms with Crippen LogP contribution in [0.5, 0.6) is 11.5 Å². The molecule has 51 heavy (non-hydrogen) atoms. The number of hydrogen-bond acceptors (Lipinski definition) is 5. The lowest BCUT2D eigenvalue weighted by molar-refractivity contribution is -0.134. The molecule has 2 aliphatic heterocycles. The quantitative estimate of drug-likeness (QED) is 0.173. The Morgan fingerprint density at radius 2 is 1.14 bits per heavy atom. The van der Waals surface area contributed by atoms with Crippen LogP contribution in [-0.2, 0) is 9.59 Å². The summed E-state index contributed by atoms with van der Waals surface area (Å²) in [5.74, 6) is 4.90. The average Bonchev–Trinajstić information content (AvgIpc) is 3.99.